The lowest BCUT2D eigenvalue weighted by molar-refractivity contribution is 0.357. The van der Waals surface area contributed by atoms with E-state index in [2.05, 4.69) is 46.3 Å². The smallest absolute Gasteiger partial charge is 0.122 e. The standard InChI is InChI=1S/C12H13BrO/c13-7-2-1-3-10-4-5-12-11(9-10)6-8-14-12/h1,3-5,9H,2,6-8H2. The van der Waals surface area contributed by atoms with Crippen LogP contribution in [-0.2, 0) is 6.42 Å². The Morgan fingerprint density at radius 1 is 1.43 bits per heavy atom. The molecule has 1 aromatic carbocycles. The lowest BCUT2D eigenvalue weighted by atomic mass is 10.1. The normalized spacial score (nSPS) is 14.4. The first-order valence-electron chi connectivity index (χ1n) is 4.88. The maximum atomic E-state index is 5.45. The largest absolute Gasteiger partial charge is 0.493 e. The van der Waals surface area contributed by atoms with Crippen molar-refractivity contribution in [3.05, 3.63) is 35.4 Å². The third-order valence-corrected chi connectivity index (χ3v) is 2.76. The van der Waals surface area contributed by atoms with Crippen LogP contribution in [0, 0.1) is 0 Å². The van der Waals surface area contributed by atoms with Gasteiger partial charge in [-0.15, -0.1) is 0 Å². The molecule has 0 saturated carbocycles. The van der Waals surface area contributed by atoms with Crippen LogP contribution < -0.4 is 4.74 Å². The quantitative estimate of drug-likeness (QED) is 0.750. The van der Waals surface area contributed by atoms with Crippen molar-refractivity contribution in [1.82, 2.24) is 0 Å². The van der Waals surface area contributed by atoms with Gasteiger partial charge >= 0.3 is 0 Å². The Kier molecular flexibility index (Phi) is 3.25. The maximum Gasteiger partial charge on any atom is 0.122 e. The Bertz CT molecular complexity index is 344. The molecule has 0 N–H and O–H groups in total. The molecule has 0 amide bonds. The van der Waals surface area contributed by atoms with Crippen LogP contribution in [0.4, 0.5) is 0 Å². The Hall–Kier alpha value is -0.760. The van der Waals surface area contributed by atoms with Crippen molar-refractivity contribution >= 4 is 22.0 Å². The third kappa shape index (κ3) is 2.18. The fourth-order valence-corrected chi connectivity index (χ4v) is 1.86. The Morgan fingerprint density at radius 2 is 2.36 bits per heavy atom. The van der Waals surface area contributed by atoms with Crippen molar-refractivity contribution in [2.45, 2.75) is 12.8 Å². The minimum atomic E-state index is 0.837. The summed E-state index contributed by atoms with van der Waals surface area (Å²) in [5.41, 5.74) is 2.61. The topological polar surface area (TPSA) is 9.23 Å². The Balaban J connectivity index is 2.12. The molecule has 74 valence electrons. The van der Waals surface area contributed by atoms with E-state index in [0.717, 1.165) is 30.5 Å². The van der Waals surface area contributed by atoms with Gasteiger partial charge in [0.05, 0.1) is 6.61 Å². The van der Waals surface area contributed by atoms with Crippen LogP contribution in [-0.4, -0.2) is 11.9 Å². The zero-order chi connectivity index (χ0) is 9.80. The molecule has 14 heavy (non-hydrogen) atoms. The van der Waals surface area contributed by atoms with E-state index in [-0.39, 0.29) is 0 Å². The molecule has 1 nitrogen and oxygen atoms in total. The second-order valence-corrected chi connectivity index (χ2v) is 4.14. The highest BCUT2D eigenvalue weighted by atomic mass is 79.9. The Labute approximate surface area is 92.9 Å². The summed E-state index contributed by atoms with van der Waals surface area (Å²) < 4.78 is 5.45. The van der Waals surface area contributed by atoms with E-state index in [4.69, 9.17) is 4.74 Å². The van der Waals surface area contributed by atoms with Crippen LogP contribution in [0.15, 0.2) is 24.3 Å². The van der Waals surface area contributed by atoms with Crippen molar-refractivity contribution in [2.75, 3.05) is 11.9 Å². The van der Waals surface area contributed by atoms with E-state index in [9.17, 15) is 0 Å². The number of fused-ring (bicyclic) bond motifs is 1. The molecular weight excluding hydrogens is 240 g/mol. The van der Waals surface area contributed by atoms with Crippen LogP contribution in [0.3, 0.4) is 0 Å². The summed E-state index contributed by atoms with van der Waals surface area (Å²) in [6.07, 6.45) is 6.48. The number of allylic oxidation sites excluding steroid dienone is 1. The molecule has 1 aromatic rings. The van der Waals surface area contributed by atoms with E-state index in [1.165, 1.54) is 11.1 Å². The van der Waals surface area contributed by atoms with Crippen molar-refractivity contribution in [3.63, 3.8) is 0 Å². The maximum absolute atomic E-state index is 5.45. The highest BCUT2D eigenvalue weighted by Crippen LogP contribution is 2.26. The van der Waals surface area contributed by atoms with E-state index < -0.39 is 0 Å². The van der Waals surface area contributed by atoms with Gasteiger partial charge in [-0.1, -0.05) is 34.1 Å². The molecule has 0 atom stereocenters. The van der Waals surface area contributed by atoms with Crippen LogP contribution in [0.2, 0.25) is 0 Å². The summed E-state index contributed by atoms with van der Waals surface area (Å²) >= 11 is 3.40. The van der Waals surface area contributed by atoms with E-state index >= 15 is 0 Å². The molecule has 2 rings (SSSR count). The summed E-state index contributed by atoms with van der Waals surface area (Å²) in [6.45, 7) is 0.837. The second-order valence-electron chi connectivity index (χ2n) is 3.35. The zero-order valence-electron chi connectivity index (χ0n) is 8.00. The van der Waals surface area contributed by atoms with Gasteiger partial charge in [-0.3, -0.25) is 0 Å². The molecule has 0 aromatic heterocycles. The summed E-state index contributed by atoms with van der Waals surface area (Å²) in [5.74, 6) is 1.06. The van der Waals surface area contributed by atoms with Gasteiger partial charge in [-0.2, -0.15) is 0 Å². The van der Waals surface area contributed by atoms with Crippen LogP contribution in [0.5, 0.6) is 5.75 Å². The van der Waals surface area contributed by atoms with Gasteiger partial charge in [-0.05, 0) is 29.7 Å². The van der Waals surface area contributed by atoms with E-state index in [0.29, 0.717) is 0 Å². The highest BCUT2D eigenvalue weighted by Gasteiger charge is 2.10. The summed E-state index contributed by atoms with van der Waals surface area (Å²) in [5, 5.41) is 1.03. The van der Waals surface area contributed by atoms with Crippen LogP contribution in [0.25, 0.3) is 6.08 Å². The number of benzene rings is 1. The summed E-state index contributed by atoms with van der Waals surface area (Å²) in [7, 11) is 0. The molecule has 0 spiro atoms. The van der Waals surface area contributed by atoms with E-state index in [1.54, 1.807) is 0 Å². The number of hydrogen-bond donors (Lipinski definition) is 0. The molecule has 1 aliphatic rings. The zero-order valence-corrected chi connectivity index (χ0v) is 9.59. The number of halogens is 1. The minimum Gasteiger partial charge on any atom is -0.493 e. The SMILES string of the molecule is BrCCC=Cc1ccc2c(c1)CCO2. The van der Waals surface area contributed by atoms with Crippen molar-refractivity contribution in [1.29, 1.82) is 0 Å². The first kappa shape index (κ1) is 9.78. The molecule has 1 aliphatic heterocycles. The second kappa shape index (κ2) is 4.65. The van der Waals surface area contributed by atoms with E-state index in [1.807, 2.05) is 0 Å². The number of alkyl halides is 1. The summed E-state index contributed by atoms with van der Waals surface area (Å²) in [4.78, 5) is 0. The van der Waals surface area contributed by atoms with Crippen LogP contribution in [0.1, 0.15) is 17.5 Å². The molecule has 0 unspecified atom stereocenters. The molecule has 1 heterocycles. The van der Waals surface area contributed by atoms with Crippen LogP contribution >= 0.6 is 15.9 Å². The monoisotopic (exact) mass is 252 g/mol. The van der Waals surface area contributed by atoms with Crippen molar-refractivity contribution in [3.8, 4) is 5.75 Å². The predicted molar refractivity (Wildman–Crippen MR) is 63.1 cm³/mol. The number of ether oxygens (including phenoxy) is 1. The molecule has 0 radical (unpaired) electrons. The van der Waals surface area contributed by atoms with Gasteiger partial charge in [0, 0.05) is 11.8 Å². The molecule has 2 heteroatoms. The van der Waals surface area contributed by atoms with Gasteiger partial charge in [0.2, 0.25) is 0 Å². The fraction of sp³-hybridized carbons (Fsp3) is 0.333. The average molecular weight is 253 g/mol. The average Bonchev–Trinajstić information content (AvgIpc) is 2.65. The first-order valence-corrected chi connectivity index (χ1v) is 6.00. The van der Waals surface area contributed by atoms with Crippen molar-refractivity contribution < 1.29 is 4.74 Å². The molecule has 0 aliphatic carbocycles. The lowest BCUT2D eigenvalue weighted by Crippen LogP contribution is -1.85. The highest BCUT2D eigenvalue weighted by molar-refractivity contribution is 9.09. The lowest BCUT2D eigenvalue weighted by Gasteiger charge is -1.99. The first-order chi connectivity index (χ1) is 6.90. The minimum absolute atomic E-state index is 0.837. The molecule has 0 saturated heterocycles. The third-order valence-electron chi connectivity index (χ3n) is 2.30. The van der Waals surface area contributed by atoms with Gasteiger partial charge in [-0.25, -0.2) is 0 Å². The van der Waals surface area contributed by atoms with Crippen molar-refractivity contribution in [2.24, 2.45) is 0 Å². The predicted octanol–water partition coefficient (Wildman–Crippen LogP) is 3.42. The number of hydrogen-bond acceptors (Lipinski definition) is 1. The molecule has 0 bridgehead atoms. The van der Waals surface area contributed by atoms with Gasteiger partial charge < -0.3 is 4.74 Å². The molecule has 0 fully saturated rings. The number of rotatable bonds is 3. The Morgan fingerprint density at radius 3 is 3.21 bits per heavy atom. The van der Waals surface area contributed by atoms with Gasteiger partial charge in [0.1, 0.15) is 5.75 Å². The molecular formula is C12H13BrO. The summed E-state index contributed by atoms with van der Waals surface area (Å²) in [6, 6.07) is 6.39. The fourth-order valence-electron chi connectivity index (χ4n) is 1.59. The van der Waals surface area contributed by atoms with Gasteiger partial charge in [0.25, 0.3) is 0 Å². The van der Waals surface area contributed by atoms with Gasteiger partial charge in [0.15, 0.2) is 0 Å².